The Bertz CT molecular complexity index is 491. The molecule has 0 amide bonds. The molecule has 2 atom stereocenters. The molecule has 116 valence electrons. The van der Waals surface area contributed by atoms with E-state index in [0.717, 1.165) is 17.9 Å². The average molecular weight is 293 g/mol. The zero-order valence-corrected chi connectivity index (χ0v) is 12.6. The van der Waals surface area contributed by atoms with E-state index in [1.54, 1.807) is 6.92 Å². The maximum Gasteiger partial charge on any atom is 0.326 e. The van der Waals surface area contributed by atoms with Crippen LogP contribution in [-0.2, 0) is 9.53 Å². The van der Waals surface area contributed by atoms with Crippen LogP contribution in [-0.4, -0.2) is 30.8 Å². The van der Waals surface area contributed by atoms with Crippen molar-refractivity contribution in [3.63, 3.8) is 0 Å². The van der Waals surface area contributed by atoms with Gasteiger partial charge in [0, 0.05) is 12.5 Å². The number of carbonyl (C=O) groups excluding carboxylic acids is 1. The zero-order valence-electron chi connectivity index (χ0n) is 12.6. The lowest BCUT2D eigenvalue weighted by Gasteiger charge is -2.21. The summed E-state index contributed by atoms with van der Waals surface area (Å²) < 4.78 is 16.4. The molecule has 0 aromatic heterocycles. The van der Waals surface area contributed by atoms with Crippen molar-refractivity contribution in [1.82, 2.24) is 0 Å². The second-order valence-electron chi connectivity index (χ2n) is 5.27. The molecule has 0 aliphatic heterocycles. The topological polar surface area (TPSA) is 70.8 Å². The van der Waals surface area contributed by atoms with Crippen LogP contribution in [0.25, 0.3) is 0 Å². The molecule has 0 bridgehead atoms. The Kier molecular flexibility index (Phi) is 5.07. The van der Waals surface area contributed by atoms with Crippen LogP contribution in [0.15, 0.2) is 24.3 Å². The first-order valence-electron chi connectivity index (χ1n) is 7.43. The first-order valence-corrected chi connectivity index (χ1v) is 7.43. The number of esters is 1. The van der Waals surface area contributed by atoms with Crippen molar-refractivity contribution in [2.45, 2.75) is 44.8 Å². The molecule has 0 radical (unpaired) electrons. The molecule has 0 saturated heterocycles. The summed E-state index contributed by atoms with van der Waals surface area (Å²) in [6.45, 7) is 4.68. The molecule has 1 aliphatic rings. The SMILES string of the molecule is CCOC(=O)C1(N)CCC(Oc2cccc(OCC)c2)C1. The molecule has 5 heteroatoms. The van der Waals surface area contributed by atoms with E-state index in [2.05, 4.69) is 0 Å². The van der Waals surface area contributed by atoms with Crippen LogP contribution in [0.3, 0.4) is 0 Å². The quantitative estimate of drug-likeness (QED) is 0.815. The average Bonchev–Trinajstić information content (AvgIpc) is 2.83. The summed E-state index contributed by atoms with van der Waals surface area (Å²) in [6, 6.07) is 7.50. The van der Waals surface area contributed by atoms with Gasteiger partial charge in [-0.15, -0.1) is 0 Å². The molecule has 1 fully saturated rings. The maximum atomic E-state index is 11.9. The third-order valence-electron chi connectivity index (χ3n) is 3.61. The van der Waals surface area contributed by atoms with Crippen LogP contribution < -0.4 is 15.2 Å². The molecule has 0 spiro atoms. The normalized spacial score (nSPS) is 24.6. The van der Waals surface area contributed by atoms with Gasteiger partial charge in [0.1, 0.15) is 23.1 Å². The van der Waals surface area contributed by atoms with E-state index in [4.69, 9.17) is 19.9 Å². The lowest BCUT2D eigenvalue weighted by molar-refractivity contribution is -0.149. The Morgan fingerprint density at radius 3 is 2.81 bits per heavy atom. The summed E-state index contributed by atoms with van der Waals surface area (Å²) >= 11 is 0. The molecule has 1 aliphatic carbocycles. The molecule has 1 aromatic rings. The lowest BCUT2D eigenvalue weighted by atomic mass is 9.99. The fourth-order valence-corrected chi connectivity index (χ4v) is 2.59. The molecule has 0 heterocycles. The van der Waals surface area contributed by atoms with Crippen molar-refractivity contribution in [3.8, 4) is 11.5 Å². The van der Waals surface area contributed by atoms with Crippen molar-refractivity contribution in [2.75, 3.05) is 13.2 Å². The Morgan fingerprint density at radius 2 is 2.10 bits per heavy atom. The summed E-state index contributed by atoms with van der Waals surface area (Å²) in [5.41, 5.74) is 5.21. The second-order valence-corrected chi connectivity index (χ2v) is 5.27. The van der Waals surface area contributed by atoms with Crippen LogP contribution >= 0.6 is 0 Å². The number of rotatable bonds is 6. The van der Waals surface area contributed by atoms with E-state index in [-0.39, 0.29) is 12.1 Å². The predicted octanol–water partition coefficient (Wildman–Crippen LogP) is 2.28. The van der Waals surface area contributed by atoms with E-state index >= 15 is 0 Å². The van der Waals surface area contributed by atoms with Gasteiger partial charge >= 0.3 is 5.97 Å². The van der Waals surface area contributed by atoms with E-state index < -0.39 is 5.54 Å². The molecule has 2 N–H and O–H groups in total. The van der Waals surface area contributed by atoms with Crippen molar-refractivity contribution in [1.29, 1.82) is 0 Å². The number of ether oxygens (including phenoxy) is 3. The van der Waals surface area contributed by atoms with Crippen LogP contribution in [0.5, 0.6) is 11.5 Å². The molecule has 1 aromatic carbocycles. The van der Waals surface area contributed by atoms with Gasteiger partial charge in [0.25, 0.3) is 0 Å². The minimum absolute atomic E-state index is 0.0729. The van der Waals surface area contributed by atoms with Crippen LogP contribution in [0.1, 0.15) is 33.1 Å². The molecular weight excluding hydrogens is 270 g/mol. The largest absolute Gasteiger partial charge is 0.494 e. The van der Waals surface area contributed by atoms with Gasteiger partial charge in [0.05, 0.1) is 13.2 Å². The second kappa shape index (κ2) is 6.80. The van der Waals surface area contributed by atoms with Gasteiger partial charge in [-0.2, -0.15) is 0 Å². The number of carbonyl (C=O) groups is 1. The molecule has 5 nitrogen and oxygen atoms in total. The summed E-state index contributed by atoms with van der Waals surface area (Å²) in [5, 5.41) is 0. The number of hydrogen-bond acceptors (Lipinski definition) is 5. The van der Waals surface area contributed by atoms with Gasteiger partial charge in [-0.1, -0.05) is 6.07 Å². The highest BCUT2D eigenvalue weighted by Gasteiger charge is 2.44. The van der Waals surface area contributed by atoms with Gasteiger partial charge in [-0.25, -0.2) is 0 Å². The summed E-state index contributed by atoms with van der Waals surface area (Å²) in [6.07, 6.45) is 1.73. The van der Waals surface area contributed by atoms with Gasteiger partial charge < -0.3 is 19.9 Å². The lowest BCUT2D eigenvalue weighted by Crippen LogP contribution is -2.47. The van der Waals surface area contributed by atoms with Crippen molar-refractivity contribution < 1.29 is 19.0 Å². The van der Waals surface area contributed by atoms with Crippen LogP contribution in [0, 0.1) is 0 Å². The minimum atomic E-state index is -0.918. The van der Waals surface area contributed by atoms with Gasteiger partial charge in [-0.3, -0.25) is 4.79 Å². The first-order chi connectivity index (χ1) is 10.1. The van der Waals surface area contributed by atoms with E-state index in [0.29, 0.717) is 26.1 Å². The smallest absolute Gasteiger partial charge is 0.326 e. The van der Waals surface area contributed by atoms with Gasteiger partial charge in [-0.05, 0) is 38.8 Å². The Balaban J connectivity index is 1.96. The Labute approximate surface area is 125 Å². The Morgan fingerprint density at radius 1 is 1.33 bits per heavy atom. The molecule has 21 heavy (non-hydrogen) atoms. The number of hydrogen-bond donors (Lipinski definition) is 1. The Hall–Kier alpha value is -1.75. The van der Waals surface area contributed by atoms with E-state index in [9.17, 15) is 4.79 Å². The highest BCUT2D eigenvalue weighted by molar-refractivity contribution is 5.81. The predicted molar refractivity (Wildman–Crippen MR) is 79.4 cm³/mol. The highest BCUT2D eigenvalue weighted by atomic mass is 16.5. The first kappa shape index (κ1) is 15.6. The van der Waals surface area contributed by atoms with Crippen molar-refractivity contribution >= 4 is 5.97 Å². The fraction of sp³-hybridized carbons (Fsp3) is 0.562. The van der Waals surface area contributed by atoms with E-state index in [1.165, 1.54) is 0 Å². The molecule has 2 rings (SSSR count). The third kappa shape index (κ3) is 3.88. The summed E-state index contributed by atoms with van der Waals surface area (Å²) in [5.74, 6) is 1.18. The van der Waals surface area contributed by atoms with Gasteiger partial charge in [0.15, 0.2) is 0 Å². The monoisotopic (exact) mass is 293 g/mol. The standard InChI is InChI=1S/C16H23NO4/c1-3-19-12-6-5-7-13(10-12)21-14-8-9-16(17,11-14)15(18)20-4-2/h5-7,10,14H,3-4,8-9,11,17H2,1-2H3. The number of nitrogens with two attached hydrogens (primary N) is 1. The van der Waals surface area contributed by atoms with Crippen molar-refractivity contribution in [2.24, 2.45) is 5.73 Å². The van der Waals surface area contributed by atoms with Crippen LogP contribution in [0.2, 0.25) is 0 Å². The van der Waals surface area contributed by atoms with Gasteiger partial charge in [0.2, 0.25) is 0 Å². The summed E-state index contributed by atoms with van der Waals surface area (Å²) in [7, 11) is 0. The minimum Gasteiger partial charge on any atom is -0.494 e. The van der Waals surface area contributed by atoms with Crippen LogP contribution in [0.4, 0.5) is 0 Å². The summed E-state index contributed by atoms with van der Waals surface area (Å²) in [4.78, 5) is 11.9. The van der Waals surface area contributed by atoms with E-state index in [1.807, 2.05) is 31.2 Å². The fourth-order valence-electron chi connectivity index (χ4n) is 2.59. The highest BCUT2D eigenvalue weighted by Crippen LogP contribution is 2.32. The zero-order chi connectivity index (χ0) is 15.3. The third-order valence-corrected chi connectivity index (χ3v) is 3.61. The molecule has 2 unspecified atom stereocenters. The number of benzene rings is 1. The maximum absolute atomic E-state index is 11.9. The molecular formula is C16H23NO4. The van der Waals surface area contributed by atoms with Crippen molar-refractivity contribution in [3.05, 3.63) is 24.3 Å². The molecule has 1 saturated carbocycles.